The molecule has 0 unspecified atom stereocenters. The van der Waals surface area contributed by atoms with Crippen LogP contribution in [0.25, 0.3) is 0 Å². The third-order valence-corrected chi connectivity index (χ3v) is 3.74. The van der Waals surface area contributed by atoms with Gasteiger partial charge in [-0.2, -0.15) is 0 Å². The summed E-state index contributed by atoms with van der Waals surface area (Å²) >= 11 is 0. The maximum atomic E-state index is 12.5. The molecule has 0 radical (unpaired) electrons. The molecule has 1 saturated heterocycles. The van der Waals surface area contributed by atoms with E-state index in [0.717, 1.165) is 42.7 Å². The van der Waals surface area contributed by atoms with Gasteiger partial charge in [0.25, 0.3) is 5.91 Å². The lowest BCUT2D eigenvalue weighted by Crippen LogP contribution is -2.28. The standard InChI is InChI=1S/C15H20N2O/c1-11-4-7-14(16-12-5-6-12)13(10-11)15(18)17-8-2-3-9-17/h4,7,10,12,16H,2-3,5-6,8-9H2,1H3. The Morgan fingerprint density at radius 1 is 1.28 bits per heavy atom. The Morgan fingerprint density at radius 2 is 2.00 bits per heavy atom. The van der Waals surface area contributed by atoms with E-state index in [4.69, 9.17) is 0 Å². The molecule has 3 heteroatoms. The highest BCUT2D eigenvalue weighted by Crippen LogP contribution is 2.28. The van der Waals surface area contributed by atoms with Crippen LogP contribution in [0.15, 0.2) is 18.2 Å². The number of hydrogen-bond donors (Lipinski definition) is 1. The molecular formula is C15H20N2O. The SMILES string of the molecule is Cc1ccc(NC2CC2)c(C(=O)N2CCCC2)c1. The minimum absolute atomic E-state index is 0.194. The molecule has 1 aromatic carbocycles. The van der Waals surface area contributed by atoms with Crippen LogP contribution < -0.4 is 5.32 Å². The fourth-order valence-electron chi connectivity index (χ4n) is 2.50. The van der Waals surface area contributed by atoms with E-state index in [9.17, 15) is 4.79 Å². The third-order valence-electron chi connectivity index (χ3n) is 3.74. The van der Waals surface area contributed by atoms with E-state index in [1.165, 1.54) is 12.8 Å². The molecule has 96 valence electrons. The topological polar surface area (TPSA) is 32.3 Å². The van der Waals surface area contributed by atoms with Crippen molar-refractivity contribution in [3.8, 4) is 0 Å². The maximum absolute atomic E-state index is 12.5. The molecule has 0 atom stereocenters. The molecular weight excluding hydrogens is 224 g/mol. The average Bonchev–Trinajstić information content (AvgIpc) is 3.01. The van der Waals surface area contributed by atoms with Gasteiger partial charge in [-0.1, -0.05) is 11.6 Å². The van der Waals surface area contributed by atoms with E-state index in [0.29, 0.717) is 6.04 Å². The van der Waals surface area contributed by atoms with Crippen LogP contribution in [0.5, 0.6) is 0 Å². The number of amides is 1. The molecule has 1 N–H and O–H groups in total. The minimum Gasteiger partial charge on any atom is -0.382 e. The van der Waals surface area contributed by atoms with Crippen LogP contribution in [0.4, 0.5) is 5.69 Å². The zero-order chi connectivity index (χ0) is 12.5. The molecule has 2 fully saturated rings. The summed E-state index contributed by atoms with van der Waals surface area (Å²) in [5.74, 6) is 0.194. The van der Waals surface area contributed by atoms with Crippen LogP contribution in [0.1, 0.15) is 41.6 Å². The first kappa shape index (κ1) is 11.6. The number of carbonyl (C=O) groups is 1. The summed E-state index contributed by atoms with van der Waals surface area (Å²) in [6.07, 6.45) is 4.74. The Balaban J connectivity index is 1.87. The summed E-state index contributed by atoms with van der Waals surface area (Å²) in [6.45, 7) is 3.87. The van der Waals surface area contributed by atoms with E-state index < -0.39 is 0 Å². The van der Waals surface area contributed by atoms with Crippen molar-refractivity contribution in [3.05, 3.63) is 29.3 Å². The predicted octanol–water partition coefficient (Wildman–Crippen LogP) is 2.81. The largest absolute Gasteiger partial charge is 0.382 e. The van der Waals surface area contributed by atoms with E-state index >= 15 is 0 Å². The van der Waals surface area contributed by atoms with Gasteiger partial charge >= 0.3 is 0 Å². The zero-order valence-electron chi connectivity index (χ0n) is 10.9. The van der Waals surface area contributed by atoms with Crippen molar-refractivity contribution in [3.63, 3.8) is 0 Å². The van der Waals surface area contributed by atoms with Crippen molar-refractivity contribution in [2.24, 2.45) is 0 Å². The van der Waals surface area contributed by atoms with Gasteiger partial charge in [-0.05, 0) is 44.7 Å². The monoisotopic (exact) mass is 244 g/mol. The first-order chi connectivity index (χ1) is 8.74. The van der Waals surface area contributed by atoms with Gasteiger partial charge in [-0.25, -0.2) is 0 Å². The van der Waals surface area contributed by atoms with E-state index in [1.54, 1.807) is 0 Å². The fourth-order valence-corrected chi connectivity index (χ4v) is 2.50. The quantitative estimate of drug-likeness (QED) is 0.886. The van der Waals surface area contributed by atoms with Crippen LogP contribution in [0.3, 0.4) is 0 Å². The number of anilines is 1. The highest BCUT2D eigenvalue weighted by Gasteiger charge is 2.26. The summed E-state index contributed by atoms with van der Waals surface area (Å²) in [5, 5.41) is 3.47. The van der Waals surface area contributed by atoms with Gasteiger partial charge in [-0.3, -0.25) is 4.79 Å². The van der Waals surface area contributed by atoms with Crippen LogP contribution in [-0.2, 0) is 0 Å². The summed E-state index contributed by atoms with van der Waals surface area (Å²) in [7, 11) is 0. The zero-order valence-corrected chi connectivity index (χ0v) is 10.9. The number of nitrogens with one attached hydrogen (secondary N) is 1. The van der Waals surface area contributed by atoms with E-state index in [2.05, 4.69) is 17.4 Å². The van der Waals surface area contributed by atoms with Crippen molar-refractivity contribution >= 4 is 11.6 Å². The van der Waals surface area contributed by atoms with Crippen molar-refractivity contribution < 1.29 is 4.79 Å². The molecule has 18 heavy (non-hydrogen) atoms. The predicted molar refractivity (Wildman–Crippen MR) is 73.0 cm³/mol. The van der Waals surface area contributed by atoms with Crippen LogP contribution in [-0.4, -0.2) is 29.9 Å². The van der Waals surface area contributed by atoms with Gasteiger partial charge in [0.05, 0.1) is 5.56 Å². The highest BCUT2D eigenvalue weighted by atomic mass is 16.2. The molecule has 1 aromatic rings. The molecule has 0 spiro atoms. The van der Waals surface area contributed by atoms with Crippen molar-refractivity contribution in [2.75, 3.05) is 18.4 Å². The second-order valence-electron chi connectivity index (χ2n) is 5.47. The number of hydrogen-bond acceptors (Lipinski definition) is 2. The first-order valence-electron chi connectivity index (χ1n) is 6.90. The van der Waals surface area contributed by atoms with E-state index in [-0.39, 0.29) is 5.91 Å². The number of nitrogens with zero attached hydrogens (tertiary/aromatic N) is 1. The van der Waals surface area contributed by atoms with Crippen LogP contribution in [0.2, 0.25) is 0 Å². The van der Waals surface area contributed by atoms with Gasteiger partial charge in [0.1, 0.15) is 0 Å². The third kappa shape index (κ3) is 2.35. The molecule has 1 amide bonds. The van der Waals surface area contributed by atoms with Crippen LogP contribution >= 0.6 is 0 Å². The molecule has 1 aliphatic carbocycles. The molecule has 1 aliphatic heterocycles. The summed E-state index contributed by atoms with van der Waals surface area (Å²) in [6, 6.07) is 6.73. The number of likely N-dealkylation sites (tertiary alicyclic amines) is 1. The number of rotatable bonds is 3. The molecule has 1 saturated carbocycles. The maximum Gasteiger partial charge on any atom is 0.255 e. The van der Waals surface area contributed by atoms with E-state index in [1.807, 2.05) is 17.9 Å². The second kappa shape index (κ2) is 4.63. The first-order valence-corrected chi connectivity index (χ1v) is 6.90. The number of aryl methyl sites for hydroxylation is 1. The highest BCUT2D eigenvalue weighted by molar-refractivity contribution is 6.00. The fraction of sp³-hybridized carbons (Fsp3) is 0.533. The minimum atomic E-state index is 0.194. The summed E-state index contributed by atoms with van der Waals surface area (Å²) in [4.78, 5) is 14.5. The Morgan fingerprint density at radius 3 is 2.67 bits per heavy atom. The number of carbonyl (C=O) groups excluding carboxylic acids is 1. The second-order valence-corrected chi connectivity index (χ2v) is 5.47. The smallest absolute Gasteiger partial charge is 0.255 e. The molecule has 3 rings (SSSR count). The van der Waals surface area contributed by atoms with Gasteiger partial charge in [0.15, 0.2) is 0 Å². The van der Waals surface area contributed by atoms with Gasteiger partial charge in [-0.15, -0.1) is 0 Å². The Labute approximate surface area is 108 Å². The van der Waals surface area contributed by atoms with Crippen molar-refractivity contribution in [1.82, 2.24) is 4.90 Å². The average molecular weight is 244 g/mol. The summed E-state index contributed by atoms with van der Waals surface area (Å²) in [5.41, 5.74) is 3.02. The van der Waals surface area contributed by atoms with Gasteiger partial charge in [0, 0.05) is 24.8 Å². The molecule has 1 heterocycles. The van der Waals surface area contributed by atoms with Gasteiger partial charge in [0.2, 0.25) is 0 Å². The lowest BCUT2D eigenvalue weighted by molar-refractivity contribution is 0.0793. The molecule has 0 bridgehead atoms. The Kier molecular flexibility index (Phi) is 2.98. The Hall–Kier alpha value is -1.51. The van der Waals surface area contributed by atoms with Crippen molar-refractivity contribution in [1.29, 1.82) is 0 Å². The molecule has 3 nitrogen and oxygen atoms in total. The number of benzene rings is 1. The van der Waals surface area contributed by atoms with Crippen molar-refractivity contribution in [2.45, 2.75) is 38.6 Å². The summed E-state index contributed by atoms with van der Waals surface area (Å²) < 4.78 is 0. The van der Waals surface area contributed by atoms with Crippen LogP contribution in [0, 0.1) is 6.92 Å². The molecule has 2 aliphatic rings. The normalized spacial score (nSPS) is 19.1. The Bertz CT molecular complexity index is 460. The molecule has 0 aromatic heterocycles. The lowest BCUT2D eigenvalue weighted by Gasteiger charge is -2.18. The van der Waals surface area contributed by atoms with Gasteiger partial charge < -0.3 is 10.2 Å². The lowest BCUT2D eigenvalue weighted by atomic mass is 10.1.